The summed E-state index contributed by atoms with van der Waals surface area (Å²) in [6.07, 6.45) is 1.48. The van der Waals surface area contributed by atoms with E-state index >= 15 is 0 Å². The van der Waals surface area contributed by atoms with Crippen molar-refractivity contribution in [1.29, 1.82) is 0 Å². The lowest BCUT2D eigenvalue weighted by Gasteiger charge is -2.30. The van der Waals surface area contributed by atoms with Crippen molar-refractivity contribution >= 4 is 34.0 Å². The van der Waals surface area contributed by atoms with Gasteiger partial charge in [-0.1, -0.05) is 36.4 Å². The maximum absolute atomic E-state index is 12.6. The summed E-state index contributed by atoms with van der Waals surface area (Å²) in [6, 6.07) is 21.4. The summed E-state index contributed by atoms with van der Waals surface area (Å²) in [7, 11) is 0. The zero-order valence-electron chi connectivity index (χ0n) is 18.3. The molecule has 1 heterocycles. The summed E-state index contributed by atoms with van der Waals surface area (Å²) in [4.78, 5) is 27.4. The number of amides is 2. The van der Waals surface area contributed by atoms with E-state index in [2.05, 4.69) is 15.5 Å². The molecule has 166 valence electrons. The summed E-state index contributed by atoms with van der Waals surface area (Å²) >= 11 is 0. The van der Waals surface area contributed by atoms with Crippen molar-refractivity contribution in [1.82, 2.24) is 4.90 Å². The first-order valence-electron chi connectivity index (χ1n) is 11.2. The van der Waals surface area contributed by atoms with Gasteiger partial charge in [0.05, 0.1) is 13.2 Å². The minimum Gasteiger partial charge on any atom is -0.494 e. The lowest BCUT2D eigenvalue weighted by molar-refractivity contribution is -0.121. The lowest BCUT2D eigenvalue weighted by atomic mass is 9.95. The fraction of sp³-hybridized carbons (Fsp3) is 0.308. The number of nitrogens with zero attached hydrogens (tertiary/aromatic N) is 1. The Hall–Kier alpha value is -3.38. The van der Waals surface area contributed by atoms with Crippen LogP contribution in [0.25, 0.3) is 10.8 Å². The zero-order chi connectivity index (χ0) is 22.3. The van der Waals surface area contributed by atoms with Gasteiger partial charge in [-0.2, -0.15) is 0 Å². The summed E-state index contributed by atoms with van der Waals surface area (Å²) in [5.74, 6) is 0.757. The molecule has 0 saturated carbocycles. The molecule has 0 atom stereocenters. The average Bonchev–Trinajstić information content (AvgIpc) is 2.81. The normalized spacial score (nSPS) is 14.8. The number of hydrogen-bond donors (Lipinski definition) is 2. The molecule has 0 spiro atoms. The van der Waals surface area contributed by atoms with Gasteiger partial charge in [-0.15, -0.1) is 0 Å². The lowest BCUT2D eigenvalue weighted by Crippen LogP contribution is -2.41. The number of nitrogens with one attached hydrogen (secondary N) is 2. The van der Waals surface area contributed by atoms with Gasteiger partial charge >= 0.3 is 0 Å². The quantitative estimate of drug-likeness (QED) is 0.577. The summed E-state index contributed by atoms with van der Waals surface area (Å²) < 4.78 is 5.43. The molecule has 0 unspecified atom stereocenters. The number of hydrogen-bond acceptors (Lipinski definition) is 4. The van der Waals surface area contributed by atoms with Crippen molar-refractivity contribution in [2.75, 3.05) is 36.9 Å². The number of anilines is 2. The van der Waals surface area contributed by atoms with Crippen molar-refractivity contribution in [3.05, 3.63) is 66.7 Å². The monoisotopic (exact) mass is 431 g/mol. The van der Waals surface area contributed by atoms with Gasteiger partial charge in [0, 0.05) is 22.7 Å². The Kier molecular flexibility index (Phi) is 7.02. The number of carbonyl (C=O) groups excluding carboxylic acids is 2. The Bertz CT molecular complexity index is 1070. The molecule has 0 aromatic heterocycles. The third-order valence-corrected chi connectivity index (χ3v) is 5.82. The minimum atomic E-state index is -0.0426. The maximum atomic E-state index is 12.6. The van der Waals surface area contributed by atoms with Crippen LogP contribution in [0.1, 0.15) is 19.8 Å². The van der Waals surface area contributed by atoms with Crippen LogP contribution >= 0.6 is 0 Å². The van der Waals surface area contributed by atoms with Gasteiger partial charge in [0.2, 0.25) is 11.8 Å². The van der Waals surface area contributed by atoms with Crippen LogP contribution in [0.15, 0.2) is 66.7 Å². The highest BCUT2D eigenvalue weighted by atomic mass is 16.5. The molecule has 2 amide bonds. The molecule has 1 fully saturated rings. The fourth-order valence-corrected chi connectivity index (χ4v) is 4.13. The van der Waals surface area contributed by atoms with Crippen LogP contribution in [0, 0.1) is 5.92 Å². The van der Waals surface area contributed by atoms with E-state index in [1.807, 2.05) is 73.7 Å². The molecule has 4 rings (SSSR count). The van der Waals surface area contributed by atoms with E-state index < -0.39 is 0 Å². The SMILES string of the molecule is CCOc1ccc(NC(=O)C2CCN(CC(=O)Nc3cccc4ccccc34)CC2)cc1. The van der Waals surface area contributed by atoms with Crippen LogP contribution in [0.4, 0.5) is 11.4 Å². The van der Waals surface area contributed by atoms with Crippen molar-refractivity contribution in [3.8, 4) is 5.75 Å². The van der Waals surface area contributed by atoms with E-state index in [-0.39, 0.29) is 17.7 Å². The second kappa shape index (κ2) is 10.3. The summed E-state index contributed by atoms with van der Waals surface area (Å²) in [5, 5.41) is 8.17. The van der Waals surface area contributed by atoms with Crippen LogP contribution in [-0.4, -0.2) is 43.0 Å². The Balaban J connectivity index is 1.25. The van der Waals surface area contributed by atoms with E-state index in [1.54, 1.807) is 0 Å². The fourth-order valence-electron chi connectivity index (χ4n) is 4.13. The summed E-state index contributed by atoms with van der Waals surface area (Å²) in [5.41, 5.74) is 1.60. The number of carbonyl (C=O) groups is 2. The van der Waals surface area contributed by atoms with E-state index in [0.29, 0.717) is 13.2 Å². The molecule has 1 saturated heterocycles. The molecule has 32 heavy (non-hydrogen) atoms. The molecular weight excluding hydrogens is 402 g/mol. The molecule has 1 aliphatic rings. The third kappa shape index (κ3) is 5.45. The highest BCUT2D eigenvalue weighted by molar-refractivity contribution is 6.02. The number of benzene rings is 3. The molecule has 0 radical (unpaired) electrons. The Morgan fingerprint density at radius 2 is 1.66 bits per heavy atom. The number of rotatable bonds is 7. The molecule has 3 aromatic rings. The molecule has 6 heteroatoms. The van der Waals surface area contributed by atoms with Gasteiger partial charge < -0.3 is 15.4 Å². The van der Waals surface area contributed by atoms with E-state index in [4.69, 9.17) is 4.74 Å². The number of fused-ring (bicyclic) bond motifs is 1. The molecule has 0 aliphatic carbocycles. The van der Waals surface area contributed by atoms with E-state index in [1.165, 1.54) is 0 Å². The highest BCUT2D eigenvalue weighted by Gasteiger charge is 2.26. The number of piperidine rings is 1. The van der Waals surface area contributed by atoms with Crippen molar-refractivity contribution < 1.29 is 14.3 Å². The topological polar surface area (TPSA) is 70.7 Å². The molecule has 1 aliphatic heterocycles. The van der Waals surface area contributed by atoms with Crippen molar-refractivity contribution in [2.24, 2.45) is 5.92 Å². The molecule has 0 bridgehead atoms. The first-order valence-corrected chi connectivity index (χ1v) is 11.2. The first-order chi connectivity index (χ1) is 15.6. The van der Waals surface area contributed by atoms with Crippen LogP contribution < -0.4 is 15.4 Å². The van der Waals surface area contributed by atoms with Gasteiger partial charge in [0.1, 0.15) is 5.75 Å². The third-order valence-electron chi connectivity index (χ3n) is 5.82. The zero-order valence-corrected chi connectivity index (χ0v) is 18.3. The predicted molar refractivity (Wildman–Crippen MR) is 128 cm³/mol. The second-order valence-electron chi connectivity index (χ2n) is 8.07. The van der Waals surface area contributed by atoms with Gasteiger partial charge in [-0.3, -0.25) is 14.5 Å². The smallest absolute Gasteiger partial charge is 0.238 e. The van der Waals surface area contributed by atoms with E-state index in [9.17, 15) is 9.59 Å². The molecule has 2 N–H and O–H groups in total. The first kappa shape index (κ1) is 21.8. The molecule has 3 aromatic carbocycles. The van der Waals surface area contributed by atoms with Crippen LogP contribution in [0.2, 0.25) is 0 Å². The predicted octanol–water partition coefficient (Wildman–Crippen LogP) is 4.53. The van der Waals surface area contributed by atoms with Crippen LogP contribution in [0.5, 0.6) is 5.75 Å². The highest BCUT2D eigenvalue weighted by Crippen LogP contribution is 2.24. The number of ether oxygens (including phenoxy) is 1. The minimum absolute atomic E-state index is 0.0290. The van der Waals surface area contributed by atoms with Gasteiger partial charge in [0.15, 0.2) is 0 Å². The van der Waals surface area contributed by atoms with Gasteiger partial charge in [0.25, 0.3) is 0 Å². The van der Waals surface area contributed by atoms with Crippen LogP contribution in [0.3, 0.4) is 0 Å². The van der Waals surface area contributed by atoms with E-state index in [0.717, 1.165) is 53.8 Å². The molecular formula is C26H29N3O3. The number of likely N-dealkylation sites (tertiary alicyclic amines) is 1. The van der Waals surface area contributed by atoms with Crippen LogP contribution in [-0.2, 0) is 9.59 Å². The largest absolute Gasteiger partial charge is 0.494 e. The maximum Gasteiger partial charge on any atom is 0.238 e. The van der Waals surface area contributed by atoms with Gasteiger partial charge in [-0.25, -0.2) is 0 Å². The molecule has 6 nitrogen and oxygen atoms in total. The Morgan fingerprint density at radius 3 is 2.41 bits per heavy atom. The standard InChI is InChI=1S/C26H29N3O3/c1-2-32-22-12-10-21(11-13-22)27-26(31)20-14-16-29(17-15-20)18-25(30)28-24-9-5-7-19-6-3-4-8-23(19)24/h3-13,20H,2,14-18H2,1H3,(H,27,31)(H,28,30). The van der Waals surface area contributed by atoms with Crippen molar-refractivity contribution in [2.45, 2.75) is 19.8 Å². The second-order valence-corrected chi connectivity index (χ2v) is 8.07. The van der Waals surface area contributed by atoms with Crippen molar-refractivity contribution in [3.63, 3.8) is 0 Å². The summed E-state index contributed by atoms with van der Waals surface area (Å²) in [6.45, 7) is 4.34. The van der Waals surface area contributed by atoms with Gasteiger partial charge in [-0.05, 0) is 68.6 Å². The Morgan fingerprint density at radius 1 is 0.938 bits per heavy atom. The average molecular weight is 432 g/mol. The Labute approximate surface area is 188 Å².